The van der Waals surface area contributed by atoms with Gasteiger partial charge in [0.05, 0.1) is 0 Å². The van der Waals surface area contributed by atoms with E-state index in [0.29, 0.717) is 0 Å². The lowest BCUT2D eigenvalue weighted by Gasteiger charge is -2.20. The SMILES string of the molecule is CCc1cc(Br)ccc1NC(C)C(=O)N(C)C. The predicted octanol–water partition coefficient (Wildman–Crippen LogP) is 2.90. The summed E-state index contributed by atoms with van der Waals surface area (Å²) in [4.78, 5) is 13.4. The van der Waals surface area contributed by atoms with Gasteiger partial charge in [-0.2, -0.15) is 0 Å². The number of halogens is 1. The van der Waals surface area contributed by atoms with Gasteiger partial charge >= 0.3 is 0 Å². The van der Waals surface area contributed by atoms with Crippen molar-refractivity contribution < 1.29 is 4.79 Å². The third-order valence-electron chi connectivity index (χ3n) is 2.63. The smallest absolute Gasteiger partial charge is 0.244 e. The van der Waals surface area contributed by atoms with E-state index in [1.165, 1.54) is 5.56 Å². The number of likely N-dealkylation sites (N-methyl/N-ethyl adjacent to an activating group) is 1. The van der Waals surface area contributed by atoms with Gasteiger partial charge in [-0.05, 0) is 37.1 Å². The number of carbonyl (C=O) groups is 1. The van der Waals surface area contributed by atoms with Crippen LogP contribution in [0.2, 0.25) is 0 Å². The highest BCUT2D eigenvalue weighted by molar-refractivity contribution is 9.10. The molecule has 1 atom stereocenters. The Hall–Kier alpha value is -1.03. The fraction of sp³-hybridized carbons (Fsp3) is 0.462. The third-order valence-corrected chi connectivity index (χ3v) is 3.12. The molecule has 0 spiro atoms. The van der Waals surface area contributed by atoms with Crippen LogP contribution in [0, 0.1) is 0 Å². The standard InChI is InChI=1S/C13H19BrN2O/c1-5-10-8-11(14)6-7-12(10)15-9(2)13(17)16(3)4/h6-9,15H,5H2,1-4H3. The number of aryl methyl sites for hydroxylation is 1. The Morgan fingerprint density at radius 2 is 2.12 bits per heavy atom. The molecule has 0 saturated carbocycles. The van der Waals surface area contributed by atoms with Gasteiger partial charge in [0.1, 0.15) is 6.04 Å². The summed E-state index contributed by atoms with van der Waals surface area (Å²) in [6.45, 7) is 3.98. The molecule has 17 heavy (non-hydrogen) atoms. The third kappa shape index (κ3) is 3.73. The van der Waals surface area contributed by atoms with Crippen LogP contribution in [0.25, 0.3) is 0 Å². The second-order valence-electron chi connectivity index (χ2n) is 4.25. The summed E-state index contributed by atoms with van der Waals surface area (Å²) >= 11 is 3.45. The summed E-state index contributed by atoms with van der Waals surface area (Å²) in [6.07, 6.45) is 0.935. The molecular weight excluding hydrogens is 280 g/mol. The lowest BCUT2D eigenvalue weighted by Crippen LogP contribution is -2.36. The van der Waals surface area contributed by atoms with Crippen molar-refractivity contribution in [2.24, 2.45) is 0 Å². The quantitative estimate of drug-likeness (QED) is 0.927. The summed E-state index contributed by atoms with van der Waals surface area (Å²) in [5.74, 6) is 0.0787. The highest BCUT2D eigenvalue weighted by Gasteiger charge is 2.15. The minimum atomic E-state index is -0.212. The van der Waals surface area contributed by atoms with E-state index < -0.39 is 0 Å². The van der Waals surface area contributed by atoms with Crippen LogP contribution in [-0.4, -0.2) is 30.9 Å². The van der Waals surface area contributed by atoms with Gasteiger partial charge in [0, 0.05) is 24.3 Å². The number of rotatable bonds is 4. The first-order valence-electron chi connectivity index (χ1n) is 5.71. The fourth-order valence-corrected chi connectivity index (χ4v) is 2.09. The van der Waals surface area contributed by atoms with Crippen LogP contribution in [0.4, 0.5) is 5.69 Å². The van der Waals surface area contributed by atoms with Crippen LogP contribution >= 0.6 is 15.9 Å². The van der Waals surface area contributed by atoms with Crippen molar-refractivity contribution in [2.75, 3.05) is 19.4 Å². The first-order chi connectivity index (χ1) is 7.95. The monoisotopic (exact) mass is 298 g/mol. The summed E-state index contributed by atoms with van der Waals surface area (Å²) in [7, 11) is 3.53. The van der Waals surface area contributed by atoms with E-state index in [1.807, 2.05) is 19.1 Å². The highest BCUT2D eigenvalue weighted by atomic mass is 79.9. The molecule has 1 amide bonds. The number of amides is 1. The second-order valence-corrected chi connectivity index (χ2v) is 5.17. The summed E-state index contributed by atoms with van der Waals surface area (Å²) in [5.41, 5.74) is 2.23. The van der Waals surface area contributed by atoms with Crippen molar-refractivity contribution in [3.63, 3.8) is 0 Å². The number of hydrogen-bond acceptors (Lipinski definition) is 2. The van der Waals surface area contributed by atoms with Gasteiger partial charge in [-0.25, -0.2) is 0 Å². The Morgan fingerprint density at radius 1 is 1.47 bits per heavy atom. The van der Waals surface area contributed by atoms with Crippen LogP contribution in [0.15, 0.2) is 22.7 Å². The molecule has 94 valence electrons. The van der Waals surface area contributed by atoms with Gasteiger partial charge in [0.25, 0.3) is 0 Å². The van der Waals surface area contributed by atoms with Crippen LogP contribution in [0.3, 0.4) is 0 Å². The average Bonchev–Trinajstić information content (AvgIpc) is 2.30. The van der Waals surface area contributed by atoms with E-state index in [0.717, 1.165) is 16.6 Å². The highest BCUT2D eigenvalue weighted by Crippen LogP contribution is 2.22. The van der Waals surface area contributed by atoms with E-state index in [1.54, 1.807) is 19.0 Å². The molecule has 0 fully saturated rings. The molecule has 0 aliphatic heterocycles. The van der Waals surface area contributed by atoms with E-state index in [-0.39, 0.29) is 11.9 Å². The van der Waals surface area contributed by atoms with Crippen molar-refractivity contribution in [3.05, 3.63) is 28.2 Å². The molecule has 0 aromatic heterocycles. The molecular formula is C13H19BrN2O. The van der Waals surface area contributed by atoms with Crippen molar-refractivity contribution in [1.29, 1.82) is 0 Å². The summed E-state index contributed by atoms with van der Waals surface area (Å²) in [5, 5.41) is 3.26. The van der Waals surface area contributed by atoms with Crippen molar-refractivity contribution >= 4 is 27.5 Å². The molecule has 1 rings (SSSR count). The molecule has 0 aliphatic rings. The van der Waals surface area contributed by atoms with Crippen molar-refractivity contribution in [3.8, 4) is 0 Å². The molecule has 1 aromatic carbocycles. The minimum absolute atomic E-state index is 0.0787. The molecule has 1 unspecified atom stereocenters. The zero-order valence-electron chi connectivity index (χ0n) is 10.7. The Morgan fingerprint density at radius 3 is 2.65 bits per heavy atom. The van der Waals surface area contributed by atoms with Crippen LogP contribution in [0.5, 0.6) is 0 Å². The first-order valence-corrected chi connectivity index (χ1v) is 6.51. The van der Waals surface area contributed by atoms with E-state index in [9.17, 15) is 4.79 Å². The molecule has 0 bridgehead atoms. The Labute approximate surface area is 111 Å². The van der Waals surface area contributed by atoms with Gasteiger partial charge in [0.2, 0.25) is 5.91 Å². The maximum absolute atomic E-state index is 11.8. The first kappa shape index (κ1) is 14.0. The van der Waals surface area contributed by atoms with E-state index in [4.69, 9.17) is 0 Å². The van der Waals surface area contributed by atoms with Gasteiger partial charge < -0.3 is 10.2 Å². The van der Waals surface area contributed by atoms with Gasteiger partial charge in [-0.15, -0.1) is 0 Å². The number of anilines is 1. The van der Waals surface area contributed by atoms with Gasteiger partial charge in [0.15, 0.2) is 0 Å². The molecule has 0 radical (unpaired) electrons. The predicted molar refractivity (Wildman–Crippen MR) is 75.3 cm³/mol. The van der Waals surface area contributed by atoms with Gasteiger partial charge in [-0.1, -0.05) is 22.9 Å². The summed E-state index contributed by atoms with van der Waals surface area (Å²) < 4.78 is 1.06. The van der Waals surface area contributed by atoms with E-state index in [2.05, 4.69) is 34.2 Å². The lowest BCUT2D eigenvalue weighted by molar-refractivity contribution is -0.129. The Kier molecular flexibility index (Phi) is 5.00. The molecule has 1 aromatic rings. The zero-order valence-corrected chi connectivity index (χ0v) is 12.3. The number of nitrogens with one attached hydrogen (secondary N) is 1. The molecule has 0 aliphatic carbocycles. The van der Waals surface area contributed by atoms with Gasteiger partial charge in [-0.3, -0.25) is 4.79 Å². The maximum Gasteiger partial charge on any atom is 0.244 e. The van der Waals surface area contributed by atoms with Crippen LogP contribution in [-0.2, 0) is 11.2 Å². The molecule has 1 N–H and O–H groups in total. The molecule has 3 nitrogen and oxygen atoms in total. The Balaban J connectivity index is 2.84. The van der Waals surface area contributed by atoms with Crippen LogP contribution < -0.4 is 5.32 Å². The van der Waals surface area contributed by atoms with E-state index >= 15 is 0 Å². The number of nitrogens with zero attached hydrogens (tertiary/aromatic N) is 1. The van der Waals surface area contributed by atoms with Crippen molar-refractivity contribution in [2.45, 2.75) is 26.3 Å². The molecule has 0 saturated heterocycles. The molecule has 4 heteroatoms. The lowest BCUT2D eigenvalue weighted by atomic mass is 10.1. The minimum Gasteiger partial charge on any atom is -0.374 e. The number of benzene rings is 1. The zero-order chi connectivity index (χ0) is 13.0. The second kappa shape index (κ2) is 6.05. The largest absolute Gasteiger partial charge is 0.374 e. The summed E-state index contributed by atoms with van der Waals surface area (Å²) in [6, 6.07) is 5.85. The van der Waals surface area contributed by atoms with Crippen LogP contribution in [0.1, 0.15) is 19.4 Å². The number of carbonyl (C=O) groups excluding carboxylic acids is 1. The average molecular weight is 299 g/mol. The maximum atomic E-state index is 11.8. The fourth-order valence-electron chi connectivity index (χ4n) is 1.68. The number of hydrogen-bond donors (Lipinski definition) is 1. The molecule has 0 heterocycles. The topological polar surface area (TPSA) is 32.3 Å². The Bertz CT molecular complexity index is 404. The normalized spacial score (nSPS) is 12.1. The van der Waals surface area contributed by atoms with Crippen molar-refractivity contribution in [1.82, 2.24) is 4.90 Å².